The highest BCUT2D eigenvalue weighted by atomic mass is 32.2. The lowest BCUT2D eigenvalue weighted by molar-refractivity contribution is -0.384. The fraction of sp³-hybridized carbons (Fsp3) is 0.200. The van der Waals surface area contributed by atoms with Crippen LogP contribution in [-0.2, 0) is 0 Å². The molecule has 0 bridgehead atoms. The Morgan fingerprint density at radius 1 is 1.20 bits per heavy atom. The first-order valence-corrected chi connectivity index (χ1v) is 7.32. The Kier molecular flexibility index (Phi) is 5.01. The summed E-state index contributed by atoms with van der Waals surface area (Å²) in [5.74, 6) is 0.945. The molecule has 0 aliphatic heterocycles. The fourth-order valence-corrected chi connectivity index (χ4v) is 2.62. The summed E-state index contributed by atoms with van der Waals surface area (Å²) in [6, 6.07) is 15.1. The Hall–Kier alpha value is -2.01. The standard InChI is InChI=1S/C15H16N2O2S/c1-12-11-13(17(18)19)7-8-15(12)16-9-10-20-14-5-3-2-4-6-14/h2-8,11,16H,9-10H2,1H3. The van der Waals surface area contributed by atoms with E-state index in [1.165, 1.54) is 11.0 Å². The lowest BCUT2D eigenvalue weighted by Crippen LogP contribution is -2.05. The van der Waals surface area contributed by atoms with E-state index in [4.69, 9.17) is 0 Å². The number of nitrogens with one attached hydrogen (secondary N) is 1. The average Bonchev–Trinajstić information content (AvgIpc) is 2.46. The van der Waals surface area contributed by atoms with Crippen molar-refractivity contribution in [2.24, 2.45) is 0 Å². The normalized spacial score (nSPS) is 10.2. The minimum Gasteiger partial charge on any atom is -0.384 e. The van der Waals surface area contributed by atoms with Crippen LogP contribution in [0.2, 0.25) is 0 Å². The SMILES string of the molecule is Cc1cc([N+](=O)[O-])ccc1NCCSc1ccccc1. The van der Waals surface area contributed by atoms with E-state index in [9.17, 15) is 10.1 Å². The van der Waals surface area contributed by atoms with E-state index in [1.807, 2.05) is 25.1 Å². The van der Waals surface area contributed by atoms with E-state index in [0.29, 0.717) is 0 Å². The monoisotopic (exact) mass is 288 g/mol. The van der Waals surface area contributed by atoms with Gasteiger partial charge in [0.2, 0.25) is 0 Å². The first-order valence-electron chi connectivity index (χ1n) is 6.33. The van der Waals surface area contributed by atoms with Crippen molar-refractivity contribution < 1.29 is 4.92 Å². The largest absolute Gasteiger partial charge is 0.384 e. The highest BCUT2D eigenvalue weighted by Crippen LogP contribution is 2.22. The molecule has 2 rings (SSSR count). The van der Waals surface area contributed by atoms with Crippen LogP contribution in [0.15, 0.2) is 53.4 Å². The minimum absolute atomic E-state index is 0.131. The van der Waals surface area contributed by atoms with Gasteiger partial charge in [-0.2, -0.15) is 0 Å². The van der Waals surface area contributed by atoms with Gasteiger partial charge in [0.05, 0.1) is 4.92 Å². The summed E-state index contributed by atoms with van der Waals surface area (Å²) in [7, 11) is 0. The first kappa shape index (κ1) is 14.4. The van der Waals surface area contributed by atoms with Crippen molar-refractivity contribution in [1.29, 1.82) is 0 Å². The molecule has 1 N–H and O–H groups in total. The number of rotatable bonds is 6. The predicted octanol–water partition coefficient (Wildman–Crippen LogP) is 4.11. The quantitative estimate of drug-likeness (QED) is 0.376. The second kappa shape index (κ2) is 6.96. The molecular formula is C15H16N2O2S. The van der Waals surface area contributed by atoms with Gasteiger partial charge in [-0.05, 0) is 30.7 Å². The molecule has 20 heavy (non-hydrogen) atoms. The number of benzene rings is 2. The summed E-state index contributed by atoms with van der Waals surface area (Å²) < 4.78 is 0. The molecule has 4 nitrogen and oxygen atoms in total. The number of nitrogens with zero attached hydrogens (tertiary/aromatic N) is 1. The van der Waals surface area contributed by atoms with E-state index in [2.05, 4.69) is 17.4 Å². The molecular weight excluding hydrogens is 272 g/mol. The third-order valence-electron chi connectivity index (χ3n) is 2.85. The summed E-state index contributed by atoms with van der Waals surface area (Å²) in [5, 5.41) is 14.0. The van der Waals surface area contributed by atoms with Crippen LogP contribution < -0.4 is 5.32 Å². The maximum absolute atomic E-state index is 10.7. The molecule has 0 radical (unpaired) electrons. The second-order valence-corrected chi connectivity index (χ2v) is 5.51. The van der Waals surface area contributed by atoms with Gasteiger partial charge in [-0.25, -0.2) is 0 Å². The van der Waals surface area contributed by atoms with Crippen molar-refractivity contribution in [1.82, 2.24) is 0 Å². The predicted molar refractivity (Wildman–Crippen MR) is 83.5 cm³/mol. The molecule has 0 unspecified atom stereocenters. The van der Waals surface area contributed by atoms with Crippen molar-refractivity contribution in [2.45, 2.75) is 11.8 Å². The van der Waals surface area contributed by atoms with Crippen molar-refractivity contribution >= 4 is 23.1 Å². The summed E-state index contributed by atoms with van der Waals surface area (Å²) in [4.78, 5) is 11.5. The fourth-order valence-electron chi connectivity index (χ4n) is 1.83. The Bertz CT molecular complexity index is 588. The maximum Gasteiger partial charge on any atom is 0.269 e. The van der Waals surface area contributed by atoms with Gasteiger partial charge in [-0.15, -0.1) is 11.8 Å². The van der Waals surface area contributed by atoms with E-state index in [1.54, 1.807) is 23.9 Å². The number of nitro benzene ring substituents is 1. The molecule has 2 aromatic rings. The Labute approximate surface area is 122 Å². The molecule has 5 heteroatoms. The van der Waals surface area contributed by atoms with Crippen LogP contribution in [0.4, 0.5) is 11.4 Å². The van der Waals surface area contributed by atoms with Gasteiger partial charge in [0, 0.05) is 35.0 Å². The summed E-state index contributed by atoms with van der Waals surface area (Å²) >= 11 is 1.78. The van der Waals surface area contributed by atoms with Crippen LogP contribution in [0, 0.1) is 17.0 Å². The first-order chi connectivity index (χ1) is 9.66. The van der Waals surface area contributed by atoms with Gasteiger partial charge >= 0.3 is 0 Å². The summed E-state index contributed by atoms with van der Waals surface area (Å²) in [6.07, 6.45) is 0. The lowest BCUT2D eigenvalue weighted by Gasteiger charge is -2.09. The molecule has 104 valence electrons. The zero-order chi connectivity index (χ0) is 14.4. The van der Waals surface area contributed by atoms with Gasteiger partial charge in [-0.3, -0.25) is 10.1 Å². The Balaban J connectivity index is 1.84. The van der Waals surface area contributed by atoms with Crippen LogP contribution in [0.3, 0.4) is 0 Å². The van der Waals surface area contributed by atoms with Crippen LogP contribution in [-0.4, -0.2) is 17.2 Å². The number of hydrogen-bond acceptors (Lipinski definition) is 4. The molecule has 0 aliphatic carbocycles. The number of thioether (sulfide) groups is 1. The molecule has 0 saturated carbocycles. The van der Waals surface area contributed by atoms with Crippen LogP contribution in [0.5, 0.6) is 0 Å². The smallest absolute Gasteiger partial charge is 0.269 e. The van der Waals surface area contributed by atoms with E-state index in [0.717, 1.165) is 23.5 Å². The third kappa shape index (κ3) is 3.99. The van der Waals surface area contributed by atoms with E-state index < -0.39 is 0 Å². The van der Waals surface area contributed by atoms with E-state index in [-0.39, 0.29) is 10.6 Å². The molecule has 2 aromatic carbocycles. The lowest BCUT2D eigenvalue weighted by atomic mass is 10.2. The van der Waals surface area contributed by atoms with Gasteiger partial charge < -0.3 is 5.32 Å². The number of nitro groups is 1. The molecule has 0 amide bonds. The third-order valence-corrected chi connectivity index (χ3v) is 3.86. The highest BCUT2D eigenvalue weighted by Gasteiger charge is 2.07. The van der Waals surface area contributed by atoms with Gasteiger partial charge in [-0.1, -0.05) is 18.2 Å². The van der Waals surface area contributed by atoms with Gasteiger partial charge in [0.1, 0.15) is 0 Å². The number of anilines is 1. The molecule has 0 aliphatic rings. The molecule has 0 fully saturated rings. The second-order valence-electron chi connectivity index (χ2n) is 4.34. The van der Waals surface area contributed by atoms with Crippen LogP contribution in [0.1, 0.15) is 5.56 Å². The van der Waals surface area contributed by atoms with Crippen molar-refractivity contribution in [3.63, 3.8) is 0 Å². The van der Waals surface area contributed by atoms with Crippen molar-refractivity contribution in [3.8, 4) is 0 Å². The number of hydrogen-bond donors (Lipinski definition) is 1. The minimum atomic E-state index is -0.373. The molecule has 0 spiro atoms. The molecule has 0 heterocycles. The molecule has 0 atom stereocenters. The van der Waals surface area contributed by atoms with Crippen LogP contribution >= 0.6 is 11.8 Å². The van der Waals surface area contributed by atoms with Gasteiger partial charge in [0.25, 0.3) is 5.69 Å². The molecule has 0 aromatic heterocycles. The van der Waals surface area contributed by atoms with Crippen molar-refractivity contribution in [3.05, 3.63) is 64.2 Å². The van der Waals surface area contributed by atoms with E-state index >= 15 is 0 Å². The van der Waals surface area contributed by atoms with Crippen LogP contribution in [0.25, 0.3) is 0 Å². The summed E-state index contributed by atoms with van der Waals surface area (Å²) in [6.45, 7) is 2.69. The Morgan fingerprint density at radius 2 is 1.95 bits per heavy atom. The number of non-ortho nitro benzene ring substituents is 1. The summed E-state index contributed by atoms with van der Waals surface area (Å²) in [5.41, 5.74) is 1.97. The van der Waals surface area contributed by atoms with Crippen molar-refractivity contribution in [2.75, 3.05) is 17.6 Å². The maximum atomic E-state index is 10.7. The number of aryl methyl sites for hydroxylation is 1. The van der Waals surface area contributed by atoms with Gasteiger partial charge in [0.15, 0.2) is 0 Å². The highest BCUT2D eigenvalue weighted by molar-refractivity contribution is 7.99. The zero-order valence-corrected chi connectivity index (χ0v) is 12.0. The average molecular weight is 288 g/mol. The molecule has 0 saturated heterocycles. The topological polar surface area (TPSA) is 55.2 Å². The zero-order valence-electron chi connectivity index (χ0n) is 11.2. The Morgan fingerprint density at radius 3 is 2.60 bits per heavy atom.